The van der Waals surface area contributed by atoms with Gasteiger partial charge in [-0.2, -0.15) is 5.26 Å². The topological polar surface area (TPSA) is 28.7 Å². The van der Waals surface area contributed by atoms with Gasteiger partial charge >= 0.3 is 0 Å². The summed E-state index contributed by atoms with van der Waals surface area (Å²) in [7, 11) is 0. The Labute approximate surface area is 280 Å². The van der Waals surface area contributed by atoms with Gasteiger partial charge in [0, 0.05) is 21.9 Å². The van der Waals surface area contributed by atoms with Crippen LogP contribution in [-0.2, 0) is 5.41 Å². The molecule has 7 aromatic rings. The van der Waals surface area contributed by atoms with E-state index in [0.29, 0.717) is 5.56 Å². The molecular formula is C46H34N2. The van der Waals surface area contributed by atoms with Crippen molar-refractivity contribution in [3.05, 3.63) is 150 Å². The molecule has 0 amide bonds. The number of benzene rings is 6. The number of nitrogens with zero attached hydrogens (tertiary/aromatic N) is 2. The molecule has 2 nitrogen and oxygen atoms in total. The lowest BCUT2D eigenvalue weighted by atomic mass is 9.59. The molecule has 1 spiro atoms. The molecule has 0 aliphatic heterocycles. The summed E-state index contributed by atoms with van der Waals surface area (Å²) >= 11 is 0. The van der Waals surface area contributed by atoms with Crippen LogP contribution in [0.25, 0.3) is 60.9 Å². The van der Waals surface area contributed by atoms with Gasteiger partial charge in [-0.05, 0) is 142 Å². The quantitative estimate of drug-likeness (QED) is 0.195. The van der Waals surface area contributed by atoms with Gasteiger partial charge in [-0.1, -0.05) is 84.9 Å². The maximum atomic E-state index is 9.38. The van der Waals surface area contributed by atoms with Crippen LogP contribution in [-0.4, -0.2) is 4.57 Å². The Bertz CT molecular complexity index is 2510. The van der Waals surface area contributed by atoms with E-state index in [4.69, 9.17) is 0 Å². The van der Waals surface area contributed by atoms with Crippen molar-refractivity contribution in [1.82, 2.24) is 4.57 Å². The lowest BCUT2D eigenvalue weighted by molar-refractivity contribution is 0.191. The third-order valence-electron chi connectivity index (χ3n) is 12.8. The van der Waals surface area contributed by atoms with Gasteiger partial charge in [-0.3, -0.25) is 0 Å². The SMILES string of the molecule is N#Cc1cccc(-c2ccc(-n3c4ccccc4c4cc(-c5ccc6c(c5)-c5ccccc5C65C6CC7CC(C6)C5C7)ccc43)cc2)c1. The summed E-state index contributed by atoms with van der Waals surface area (Å²) < 4.78 is 2.39. The highest BCUT2D eigenvalue weighted by atomic mass is 15.0. The Balaban J connectivity index is 1.03. The van der Waals surface area contributed by atoms with E-state index in [0.717, 1.165) is 40.5 Å². The highest BCUT2D eigenvalue weighted by Crippen LogP contribution is 2.72. The summed E-state index contributed by atoms with van der Waals surface area (Å²) in [5, 5.41) is 11.9. The molecule has 5 aliphatic carbocycles. The normalized spacial score (nSPS) is 24.4. The second kappa shape index (κ2) is 9.59. The Morgan fingerprint density at radius 2 is 1.31 bits per heavy atom. The van der Waals surface area contributed by atoms with E-state index in [1.165, 1.54) is 69.7 Å². The molecule has 0 saturated heterocycles. The third-order valence-corrected chi connectivity index (χ3v) is 12.8. The van der Waals surface area contributed by atoms with Crippen LogP contribution in [0.2, 0.25) is 0 Å². The summed E-state index contributed by atoms with van der Waals surface area (Å²) in [5.41, 5.74) is 15.4. The van der Waals surface area contributed by atoms with Crippen molar-refractivity contribution in [2.45, 2.75) is 31.1 Å². The number of fused-ring (bicyclic) bond motifs is 6. The van der Waals surface area contributed by atoms with Gasteiger partial charge in [0.05, 0.1) is 22.7 Å². The molecule has 0 radical (unpaired) electrons. The lowest BCUT2D eigenvalue weighted by Crippen LogP contribution is -2.40. The van der Waals surface area contributed by atoms with E-state index in [2.05, 4.69) is 126 Å². The minimum atomic E-state index is 0.230. The largest absolute Gasteiger partial charge is 0.309 e. The molecule has 4 fully saturated rings. The van der Waals surface area contributed by atoms with E-state index in [-0.39, 0.29) is 5.41 Å². The standard InChI is InChI=1S/C46H34N2/c47-27-28-6-5-7-31(20-28)30-12-16-36(17-13-30)48-44-11-4-2-9-38(44)40-26-33(15-19-45(40)48)32-14-18-42-39(25-32)37-8-1-3-10-41(37)46(42)35-22-29-21-34(24-35)43(46)23-29/h1-20,25-26,29,34-35,43H,21-24H2. The molecule has 2 heteroatoms. The number of nitriles is 1. The van der Waals surface area contributed by atoms with E-state index < -0.39 is 0 Å². The molecule has 48 heavy (non-hydrogen) atoms. The highest BCUT2D eigenvalue weighted by Gasteiger charge is 2.65. The van der Waals surface area contributed by atoms with Gasteiger partial charge < -0.3 is 4.57 Å². The number of para-hydroxylation sites is 1. The number of aromatic nitrogens is 1. The van der Waals surface area contributed by atoms with Crippen LogP contribution in [0.5, 0.6) is 0 Å². The van der Waals surface area contributed by atoms with Crippen LogP contribution >= 0.6 is 0 Å². The van der Waals surface area contributed by atoms with E-state index >= 15 is 0 Å². The summed E-state index contributed by atoms with van der Waals surface area (Å²) in [6, 6.07) is 51.5. The van der Waals surface area contributed by atoms with Crippen molar-refractivity contribution in [1.29, 1.82) is 5.26 Å². The minimum absolute atomic E-state index is 0.230. The van der Waals surface area contributed by atoms with E-state index in [1.807, 2.05) is 18.2 Å². The van der Waals surface area contributed by atoms with Gasteiger partial charge in [-0.15, -0.1) is 0 Å². The van der Waals surface area contributed by atoms with E-state index in [9.17, 15) is 5.26 Å². The highest BCUT2D eigenvalue weighted by molar-refractivity contribution is 6.10. The smallest absolute Gasteiger partial charge is 0.0991 e. The van der Waals surface area contributed by atoms with Gasteiger partial charge in [-0.25, -0.2) is 0 Å². The zero-order chi connectivity index (χ0) is 31.6. The maximum absolute atomic E-state index is 9.38. The zero-order valence-electron chi connectivity index (χ0n) is 26.7. The predicted molar refractivity (Wildman–Crippen MR) is 195 cm³/mol. The Hall–Kier alpha value is -5.39. The summed E-state index contributed by atoms with van der Waals surface area (Å²) in [5.74, 6) is 3.49. The second-order valence-corrected chi connectivity index (χ2v) is 14.9. The summed E-state index contributed by atoms with van der Waals surface area (Å²) in [4.78, 5) is 0. The molecular weight excluding hydrogens is 581 g/mol. The van der Waals surface area contributed by atoms with Crippen LogP contribution in [0, 0.1) is 35.0 Å². The molecule has 12 rings (SSSR count). The van der Waals surface area contributed by atoms with Gasteiger partial charge in [0.25, 0.3) is 0 Å². The fourth-order valence-corrected chi connectivity index (χ4v) is 11.2. The second-order valence-electron chi connectivity index (χ2n) is 14.9. The first-order valence-electron chi connectivity index (χ1n) is 17.6. The lowest BCUT2D eigenvalue weighted by Gasteiger charge is -2.43. The predicted octanol–water partition coefficient (Wildman–Crippen LogP) is 11.3. The molecule has 6 aromatic carbocycles. The van der Waals surface area contributed by atoms with Crippen LogP contribution in [0.1, 0.15) is 42.4 Å². The molecule has 1 heterocycles. The van der Waals surface area contributed by atoms with Gasteiger partial charge in [0.15, 0.2) is 0 Å². The molecule has 0 N–H and O–H groups in total. The Morgan fingerprint density at radius 1 is 0.562 bits per heavy atom. The summed E-state index contributed by atoms with van der Waals surface area (Å²) in [6.07, 6.45) is 5.73. The molecule has 5 atom stereocenters. The first-order valence-corrected chi connectivity index (χ1v) is 17.6. The Kier molecular flexibility index (Phi) is 5.32. The van der Waals surface area contributed by atoms with Crippen molar-refractivity contribution in [3.8, 4) is 45.1 Å². The van der Waals surface area contributed by atoms with Gasteiger partial charge in [0.1, 0.15) is 0 Å². The first kappa shape index (κ1) is 26.7. The average molecular weight is 615 g/mol. The molecule has 5 unspecified atom stereocenters. The first-order chi connectivity index (χ1) is 23.7. The summed E-state index contributed by atoms with van der Waals surface area (Å²) in [6.45, 7) is 0. The number of hydrogen-bond acceptors (Lipinski definition) is 1. The van der Waals surface area contributed by atoms with Crippen molar-refractivity contribution >= 4 is 21.8 Å². The van der Waals surface area contributed by atoms with Crippen LogP contribution in [0.15, 0.2) is 133 Å². The molecule has 4 saturated carbocycles. The van der Waals surface area contributed by atoms with Crippen molar-refractivity contribution < 1.29 is 0 Å². The fraction of sp³-hybridized carbons (Fsp3) is 0.196. The monoisotopic (exact) mass is 614 g/mol. The van der Waals surface area contributed by atoms with Gasteiger partial charge in [0.2, 0.25) is 0 Å². The molecule has 228 valence electrons. The van der Waals surface area contributed by atoms with Crippen molar-refractivity contribution in [2.75, 3.05) is 0 Å². The van der Waals surface area contributed by atoms with Crippen LogP contribution < -0.4 is 0 Å². The van der Waals surface area contributed by atoms with Crippen LogP contribution in [0.4, 0.5) is 0 Å². The Morgan fingerprint density at radius 3 is 2.21 bits per heavy atom. The zero-order valence-corrected chi connectivity index (χ0v) is 26.7. The third kappa shape index (κ3) is 3.41. The number of hydrogen-bond donors (Lipinski definition) is 0. The van der Waals surface area contributed by atoms with Crippen LogP contribution in [0.3, 0.4) is 0 Å². The molecule has 1 aromatic heterocycles. The average Bonchev–Trinajstić information content (AvgIpc) is 3.80. The minimum Gasteiger partial charge on any atom is -0.309 e. The van der Waals surface area contributed by atoms with E-state index in [1.54, 1.807) is 11.1 Å². The van der Waals surface area contributed by atoms with Crippen molar-refractivity contribution in [2.24, 2.45) is 23.7 Å². The maximum Gasteiger partial charge on any atom is 0.0991 e. The molecule has 4 bridgehead atoms. The fourth-order valence-electron chi connectivity index (χ4n) is 11.2. The van der Waals surface area contributed by atoms with Crippen molar-refractivity contribution in [3.63, 3.8) is 0 Å². The molecule has 5 aliphatic rings. The number of rotatable bonds is 3.